The molecular weight excluding hydrogens is 365 g/mol. The van der Waals surface area contributed by atoms with E-state index in [1.807, 2.05) is 0 Å². The Balaban J connectivity index is 6.01. The summed E-state index contributed by atoms with van der Waals surface area (Å²) in [6.45, 7) is 32.5. The van der Waals surface area contributed by atoms with Gasteiger partial charge in [0.15, 0.2) is 0 Å². The molecule has 0 N–H and O–H groups in total. The summed E-state index contributed by atoms with van der Waals surface area (Å²) in [5.41, 5.74) is 1.98. The van der Waals surface area contributed by atoms with Crippen LogP contribution < -0.4 is 0 Å². The van der Waals surface area contributed by atoms with Gasteiger partial charge in [-0.2, -0.15) is 0 Å². The van der Waals surface area contributed by atoms with Crippen LogP contribution in [0, 0.1) is 0 Å². The lowest BCUT2D eigenvalue weighted by atomic mass is 10.4. The van der Waals surface area contributed by atoms with Crippen molar-refractivity contribution in [2.24, 2.45) is 0 Å². The average Bonchev–Trinajstić information content (AvgIpc) is 2.66. The SMILES string of the molecule is C=CC(C=C)[SiH2]C([SiH2]C(C=C)C=C)([SiH2]C(C=C)C=C)[SiH2]C(C=C)C=C. The van der Waals surface area contributed by atoms with Crippen molar-refractivity contribution in [1.82, 2.24) is 0 Å². The van der Waals surface area contributed by atoms with Crippen LogP contribution in [-0.4, -0.2) is 38.1 Å². The highest BCUT2D eigenvalue weighted by Crippen LogP contribution is 2.37. The molecule has 0 unspecified atom stereocenters. The van der Waals surface area contributed by atoms with Crippen molar-refractivity contribution in [2.75, 3.05) is 0 Å². The van der Waals surface area contributed by atoms with Crippen molar-refractivity contribution < 1.29 is 0 Å². The van der Waals surface area contributed by atoms with Gasteiger partial charge in [0.25, 0.3) is 0 Å². The summed E-state index contributed by atoms with van der Waals surface area (Å²) in [5, 5.41) is 0. The van der Waals surface area contributed by atoms with Crippen LogP contribution in [-0.2, 0) is 0 Å². The molecule has 0 nitrogen and oxygen atoms in total. The number of rotatable bonds is 16. The zero-order valence-corrected chi connectivity index (χ0v) is 21.6. The fraction of sp³-hybridized carbons (Fsp3) is 0.238. The van der Waals surface area contributed by atoms with E-state index in [0.717, 1.165) is 0 Å². The first-order valence-electron chi connectivity index (χ1n) is 8.98. The van der Waals surface area contributed by atoms with Gasteiger partial charge in [-0.25, -0.2) is 0 Å². The third-order valence-electron chi connectivity index (χ3n) is 5.10. The van der Waals surface area contributed by atoms with Crippen LogP contribution in [0.15, 0.2) is 101 Å². The molecule has 0 aliphatic rings. The fourth-order valence-corrected chi connectivity index (χ4v) is 24.9. The Kier molecular flexibility index (Phi) is 12.4. The minimum absolute atomic E-state index is 0.390. The van der Waals surface area contributed by atoms with E-state index < -0.39 is 0 Å². The van der Waals surface area contributed by atoms with Crippen LogP contribution in [0.5, 0.6) is 0 Å². The third-order valence-corrected chi connectivity index (χ3v) is 23.5. The monoisotopic (exact) mass is 400 g/mol. The van der Waals surface area contributed by atoms with Crippen LogP contribution in [0.25, 0.3) is 0 Å². The highest BCUT2D eigenvalue weighted by molar-refractivity contribution is 6.97. The third kappa shape index (κ3) is 8.14. The first-order chi connectivity index (χ1) is 12.0. The summed E-state index contributed by atoms with van der Waals surface area (Å²) in [4.78, 5) is 0. The molecule has 25 heavy (non-hydrogen) atoms. The van der Waals surface area contributed by atoms with Crippen molar-refractivity contribution >= 4 is 38.1 Å². The largest absolute Gasteiger partial charge is 0.103 e. The Hall–Kier alpha value is -1.21. The maximum absolute atomic E-state index is 4.06. The van der Waals surface area contributed by atoms with E-state index in [2.05, 4.69) is 101 Å². The molecular formula is C21H36Si4. The van der Waals surface area contributed by atoms with Gasteiger partial charge >= 0.3 is 0 Å². The van der Waals surface area contributed by atoms with Crippen molar-refractivity contribution in [3.05, 3.63) is 101 Å². The molecule has 0 spiro atoms. The molecule has 0 aromatic heterocycles. The predicted octanol–water partition coefficient (Wildman–Crippen LogP) is 3.33. The Morgan fingerprint density at radius 2 is 0.560 bits per heavy atom. The highest BCUT2D eigenvalue weighted by Gasteiger charge is 2.37. The topological polar surface area (TPSA) is 0 Å². The van der Waals surface area contributed by atoms with Gasteiger partial charge < -0.3 is 0 Å². The standard InChI is InChI=1S/C21H36Si4/c1-9-17(10-2)22-21(23-18(11-3)12-4,24-19(13-5)14-6)25-20(15-7)16-8/h9-20H,1-8,22-25H2. The molecule has 136 valence electrons. The second-order valence-corrected chi connectivity index (χ2v) is 24.3. The van der Waals surface area contributed by atoms with Crippen LogP contribution >= 0.6 is 0 Å². The molecule has 0 aliphatic carbocycles. The lowest BCUT2D eigenvalue weighted by Crippen LogP contribution is -2.44. The molecule has 0 fully saturated rings. The first-order valence-corrected chi connectivity index (χ1v) is 15.1. The molecule has 4 heteroatoms. The van der Waals surface area contributed by atoms with Gasteiger partial charge in [0.05, 0.1) is 0 Å². The summed E-state index contributed by atoms with van der Waals surface area (Å²) in [5.74, 6) is 0. The van der Waals surface area contributed by atoms with Gasteiger partial charge in [-0.05, 0) is 22.2 Å². The van der Waals surface area contributed by atoms with Crippen molar-refractivity contribution in [3.8, 4) is 0 Å². The van der Waals surface area contributed by atoms with Gasteiger partial charge in [0.2, 0.25) is 0 Å². The Morgan fingerprint density at radius 3 is 0.680 bits per heavy atom. The summed E-state index contributed by atoms with van der Waals surface area (Å²) in [7, 11) is -1.56. The maximum Gasteiger partial charge on any atom is 0.0296 e. The molecule has 0 aliphatic heterocycles. The molecule has 0 atom stereocenters. The number of allylic oxidation sites excluding steroid dienone is 8. The van der Waals surface area contributed by atoms with Crippen molar-refractivity contribution in [1.29, 1.82) is 0 Å². The van der Waals surface area contributed by atoms with E-state index in [0.29, 0.717) is 26.1 Å². The predicted molar refractivity (Wildman–Crippen MR) is 133 cm³/mol. The smallest absolute Gasteiger partial charge is 0.0296 e. The fourth-order valence-electron chi connectivity index (χ4n) is 3.55. The van der Waals surface area contributed by atoms with Crippen molar-refractivity contribution in [3.63, 3.8) is 0 Å². The minimum atomic E-state index is -0.390. The Bertz CT molecular complexity index is 381. The van der Waals surface area contributed by atoms with E-state index >= 15 is 0 Å². The van der Waals surface area contributed by atoms with E-state index in [1.54, 1.807) is 0 Å². The second-order valence-electron chi connectivity index (χ2n) is 6.86. The quantitative estimate of drug-likeness (QED) is 0.275. The van der Waals surface area contributed by atoms with E-state index in [1.165, 1.54) is 0 Å². The summed E-state index contributed by atoms with van der Waals surface area (Å²) in [6, 6.07) is 0. The minimum Gasteiger partial charge on any atom is -0.103 e. The van der Waals surface area contributed by atoms with E-state index in [4.69, 9.17) is 0 Å². The Morgan fingerprint density at radius 1 is 0.400 bits per heavy atom. The maximum atomic E-state index is 4.06. The average molecular weight is 401 g/mol. The van der Waals surface area contributed by atoms with Gasteiger partial charge in [-0.1, -0.05) is 52.5 Å². The van der Waals surface area contributed by atoms with Crippen LogP contribution in [0.3, 0.4) is 0 Å². The van der Waals surface area contributed by atoms with Gasteiger partial charge in [-0.15, -0.1) is 52.6 Å². The van der Waals surface area contributed by atoms with Gasteiger partial charge in [-0.3, -0.25) is 0 Å². The van der Waals surface area contributed by atoms with Crippen LogP contribution in [0.1, 0.15) is 0 Å². The molecule has 0 bridgehead atoms. The molecule has 0 heterocycles. The molecule has 0 amide bonds. The van der Waals surface area contributed by atoms with Crippen LogP contribution in [0.4, 0.5) is 0 Å². The zero-order valence-electron chi connectivity index (χ0n) is 15.9. The normalized spacial score (nSPS) is 15.2. The molecule has 0 saturated carbocycles. The van der Waals surface area contributed by atoms with Gasteiger partial charge in [0.1, 0.15) is 0 Å². The van der Waals surface area contributed by atoms with Gasteiger partial charge in [0, 0.05) is 38.1 Å². The highest BCUT2D eigenvalue weighted by atomic mass is 28.4. The molecule has 0 aromatic rings. The van der Waals surface area contributed by atoms with Crippen LogP contribution in [0.2, 0.25) is 26.1 Å². The number of hydrogen-bond acceptors (Lipinski definition) is 0. The van der Waals surface area contributed by atoms with E-state index in [-0.39, 0.29) is 38.1 Å². The Labute approximate surface area is 165 Å². The summed E-state index contributed by atoms with van der Waals surface area (Å²) >= 11 is 0. The first kappa shape index (κ1) is 23.8. The molecule has 0 saturated heterocycles. The number of hydrogen-bond donors (Lipinski definition) is 0. The second kappa shape index (κ2) is 13.1. The molecule has 0 radical (unpaired) electrons. The summed E-state index contributed by atoms with van der Waals surface area (Å²) in [6.07, 6.45) is 16.9. The lowest BCUT2D eigenvalue weighted by molar-refractivity contribution is 1.20. The van der Waals surface area contributed by atoms with Crippen molar-refractivity contribution in [2.45, 2.75) is 26.1 Å². The zero-order chi connectivity index (χ0) is 19.3. The molecule has 0 aromatic carbocycles. The summed E-state index contributed by atoms with van der Waals surface area (Å²) < 4.78 is 0.584. The lowest BCUT2D eigenvalue weighted by Gasteiger charge is -2.39. The molecule has 0 rings (SSSR count). The van der Waals surface area contributed by atoms with E-state index in [9.17, 15) is 0 Å².